The maximum absolute atomic E-state index is 13.8. The fourth-order valence-corrected chi connectivity index (χ4v) is 4.32. The van der Waals surface area contributed by atoms with Crippen molar-refractivity contribution in [3.05, 3.63) is 71.1 Å². The van der Waals surface area contributed by atoms with Crippen LogP contribution in [0.15, 0.2) is 42.7 Å². The lowest BCUT2D eigenvalue weighted by molar-refractivity contribution is -0.0249. The lowest BCUT2D eigenvalue weighted by atomic mass is 9.74. The minimum absolute atomic E-state index is 0.000326. The summed E-state index contributed by atoms with van der Waals surface area (Å²) in [6, 6.07) is 8.09. The molecule has 0 unspecified atom stereocenters. The van der Waals surface area contributed by atoms with Gasteiger partial charge in [-0.25, -0.2) is 13.8 Å². The van der Waals surface area contributed by atoms with Crippen molar-refractivity contribution < 1.29 is 13.5 Å². The molecule has 1 spiro atoms. The number of aryl methyl sites for hydroxylation is 2. The van der Waals surface area contributed by atoms with Gasteiger partial charge in [-0.15, -0.1) is 0 Å². The highest BCUT2D eigenvalue weighted by atomic mass is 19.1. The summed E-state index contributed by atoms with van der Waals surface area (Å²) >= 11 is 0. The van der Waals surface area contributed by atoms with Gasteiger partial charge in [0.25, 0.3) is 0 Å². The number of nitrogens with zero attached hydrogens (tertiary/aromatic N) is 2. The van der Waals surface area contributed by atoms with E-state index >= 15 is 0 Å². The van der Waals surface area contributed by atoms with Crippen LogP contribution in [0.3, 0.4) is 0 Å². The second kappa shape index (κ2) is 7.35. The van der Waals surface area contributed by atoms with Gasteiger partial charge in [-0.05, 0) is 68.4 Å². The van der Waals surface area contributed by atoms with E-state index in [1.165, 1.54) is 30.2 Å². The Bertz CT molecular complexity index is 1070. The zero-order valence-electron chi connectivity index (χ0n) is 16.8. The summed E-state index contributed by atoms with van der Waals surface area (Å²) in [5, 5.41) is 2.93. The highest BCUT2D eigenvalue weighted by molar-refractivity contribution is 5.67. The fraction of sp³-hybridized carbons (Fsp3) is 0.333. The third kappa shape index (κ3) is 3.40. The van der Waals surface area contributed by atoms with E-state index < -0.39 is 11.6 Å². The standard InChI is InChI=1S/C24H23F2N3O/c1-15-10-16-6-9-24(7-3-8-24)30-22(16)11-17(15)21-13-29-23(14-27-21)28-12-18-19(25)4-2-5-20(18)26/h2,4-5,10-11,13-14H,3,6-9,12H2,1H3,(H,28,29). The molecular formula is C24H23F2N3O. The van der Waals surface area contributed by atoms with Crippen LogP contribution in [0, 0.1) is 18.6 Å². The van der Waals surface area contributed by atoms with Gasteiger partial charge in [-0.1, -0.05) is 12.1 Å². The van der Waals surface area contributed by atoms with Crippen molar-refractivity contribution in [1.29, 1.82) is 0 Å². The molecule has 1 aliphatic carbocycles. The van der Waals surface area contributed by atoms with Crippen LogP contribution in [0.4, 0.5) is 14.6 Å². The van der Waals surface area contributed by atoms with Crippen LogP contribution in [0.5, 0.6) is 5.75 Å². The lowest BCUT2D eigenvalue weighted by Gasteiger charge is -2.45. The van der Waals surface area contributed by atoms with Crippen molar-refractivity contribution in [1.82, 2.24) is 9.97 Å². The first-order chi connectivity index (χ1) is 14.5. The number of ether oxygens (including phenoxy) is 1. The molecule has 2 aliphatic rings. The molecule has 4 nitrogen and oxygen atoms in total. The SMILES string of the molecule is Cc1cc2c(cc1-c1cnc(NCc3c(F)cccc3F)cn1)OC1(CCC1)CC2. The average Bonchev–Trinajstić information content (AvgIpc) is 2.72. The Kier molecular flexibility index (Phi) is 4.65. The Hall–Kier alpha value is -3.02. The predicted molar refractivity (Wildman–Crippen MR) is 111 cm³/mol. The summed E-state index contributed by atoms with van der Waals surface area (Å²) in [7, 11) is 0. The van der Waals surface area contributed by atoms with E-state index in [4.69, 9.17) is 4.74 Å². The van der Waals surface area contributed by atoms with Crippen LogP contribution in [0.25, 0.3) is 11.3 Å². The van der Waals surface area contributed by atoms with Crippen LogP contribution >= 0.6 is 0 Å². The van der Waals surface area contributed by atoms with E-state index in [0.717, 1.165) is 48.3 Å². The van der Waals surface area contributed by atoms with Crippen molar-refractivity contribution in [2.75, 3.05) is 5.32 Å². The maximum atomic E-state index is 13.8. The fourth-order valence-electron chi connectivity index (χ4n) is 4.32. The number of benzene rings is 2. The Morgan fingerprint density at radius 1 is 1.07 bits per heavy atom. The molecule has 5 rings (SSSR count). The molecule has 2 heterocycles. The smallest absolute Gasteiger partial charge is 0.144 e. The van der Waals surface area contributed by atoms with Gasteiger partial charge >= 0.3 is 0 Å². The molecule has 1 N–H and O–H groups in total. The topological polar surface area (TPSA) is 47.0 Å². The molecule has 1 saturated carbocycles. The second-order valence-electron chi connectivity index (χ2n) is 8.25. The zero-order chi connectivity index (χ0) is 20.7. The molecule has 6 heteroatoms. The number of anilines is 1. The highest BCUT2D eigenvalue weighted by Gasteiger charge is 2.41. The first-order valence-electron chi connectivity index (χ1n) is 10.3. The Balaban J connectivity index is 1.35. The van der Waals surface area contributed by atoms with Gasteiger partial charge in [0.1, 0.15) is 28.8 Å². The van der Waals surface area contributed by atoms with E-state index in [-0.39, 0.29) is 17.7 Å². The Morgan fingerprint density at radius 3 is 2.53 bits per heavy atom. The third-order valence-electron chi connectivity index (χ3n) is 6.28. The molecule has 1 aromatic heterocycles. The first kappa shape index (κ1) is 19.0. The molecule has 3 aromatic rings. The van der Waals surface area contributed by atoms with E-state index in [2.05, 4.69) is 34.3 Å². The van der Waals surface area contributed by atoms with Crippen molar-refractivity contribution in [2.24, 2.45) is 0 Å². The second-order valence-corrected chi connectivity index (χ2v) is 8.25. The van der Waals surface area contributed by atoms with E-state index in [9.17, 15) is 8.78 Å². The minimum atomic E-state index is -0.582. The number of halogens is 2. The van der Waals surface area contributed by atoms with Crippen molar-refractivity contribution in [3.63, 3.8) is 0 Å². The van der Waals surface area contributed by atoms with Crippen LogP contribution in [0.2, 0.25) is 0 Å². The van der Waals surface area contributed by atoms with Gasteiger partial charge in [0.2, 0.25) is 0 Å². The maximum Gasteiger partial charge on any atom is 0.144 e. The number of fused-ring (bicyclic) bond motifs is 1. The summed E-state index contributed by atoms with van der Waals surface area (Å²) in [6.07, 6.45) is 8.93. The summed E-state index contributed by atoms with van der Waals surface area (Å²) in [6.45, 7) is 2.07. The summed E-state index contributed by atoms with van der Waals surface area (Å²) in [5.74, 6) is 0.254. The largest absolute Gasteiger partial charge is 0.487 e. The van der Waals surface area contributed by atoms with Gasteiger partial charge in [-0.3, -0.25) is 4.98 Å². The highest BCUT2D eigenvalue weighted by Crippen LogP contribution is 2.46. The average molecular weight is 407 g/mol. The third-order valence-corrected chi connectivity index (χ3v) is 6.28. The monoisotopic (exact) mass is 407 g/mol. The molecule has 30 heavy (non-hydrogen) atoms. The number of hydrogen-bond acceptors (Lipinski definition) is 4. The van der Waals surface area contributed by atoms with Crippen molar-refractivity contribution in [2.45, 2.75) is 51.2 Å². The molecule has 2 aromatic carbocycles. The molecule has 0 saturated heterocycles. The Morgan fingerprint density at radius 2 is 1.87 bits per heavy atom. The number of nitrogens with one attached hydrogen (secondary N) is 1. The predicted octanol–water partition coefficient (Wildman–Crippen LogP) is 5.59. The van der Waals surface area contributed by atoms with Crippen molar-refractivity contribution >= 4 is 5.82 Å². The van der Waals surface area contributed by atoms with Gasteiger partial charge < -0.3 is 10.1 Å². The summed E-state index contributed by atoms with van der Waals surface area (Å²) < 4.78 is 33.9. The number of rotatable bonds is 4. The summed E-state index contributed by atoms with van der Waals surface area (Å²) in [4.78, 5) is 8.90. The number of hydrogen-bond donors (Lipinski definition) is 1. The van der Waals surface area contributed by atoms with Gasteiger partial charge in [0.05, 0.1) is 18.1 Å². The first-order valence-corrected chi connectivity index (χ1v) is 10.3. The minimum Gasteiger partial charge on any atom is -0.487 e. The summed E-state index contributed by atoms with van der Waals surface area (Å²) in [5.41, 5.74) is 4.15. The molecule has 0 atom stereocenters. The molecule has 0 amide bonds. The van der Waals surface area contributed by atoms with Crippen LogP contribution < -0.4 is 10.1 Å². The van der Waals surface area contributed by atoms with Gasteiger partial charge in [-0.2, -0.15) is 0 Å². The molecule has 1 fully saturated rings. The molecule has 1 aliphatic heterocycles. The van der Waals surface area contributed by atoms with Crippen LogP contribution in [-0.2, 0) is 13.0 Å². The van der Waals surface area contributed by atoms with Crippen LogP contribution in [-0.4, -0.2) is 15.6 Å². The molecule has 154 valence electrons. The zero-order valence-corrected chi connectivity index (χ0v) is 16.8. The lowest BCUT2D eigenvalue weighted by Crippen LogP contribution is -2.45. The van der Waals surface area contributed by atoms with E-state index in [1.54, 1.807) is 12.4 Å². The van der Waals surface area contributed by atoms with E-state index in [0.29, 0.717) is 5.82 Å². The van der Waals surface area contributed by atoms with E-state index in [1.807, 2.05) is 0 Å². The van der Waals surface area contributed by atoms with Crippen molar-refractivity contribution in [3.8, 4) is 17.0 Å². The van der Waals surface area contributed by atoms with Gasteiger partial charge in [0, 0.05) is 17.7 Å². The molecule has 0 bridgehead atoms. The Labute approximate surface area is 174 Å². The molecule has 0 radical (unpaired) electrons. The molecular weight excluding hydrogens is 384 g/mol. The van der Waals surface area contributed by atoms with Crippen LogP contribution in [0.1, 0.15) is 42.4 Å². The normalized spacial score (nSPS) is 16.5. The quantitative estimate of drug-likeness (QED) is 0.612. The van der Waals surface area contributed by atoms with Gasteiger partial charge in [0.15, 0.2) is 0 Å². The number of aromatic nitrogens is 2.